The van der Waals surface area contributed by atoms with Crippen LogP contribution in [0.5, 0.6) is 0 Å². The highest BCUT2D eigenvalue weighted by Crippen LogP contribution is 2.31. The van der Waals surface area contributed by atoms with Gasteiger partial charge in [-0.15, -0.1) is 0 Å². The summed E-state index contributed by atoms with van der Waals surface area (Å²) in [5, 5.41) is 2.67. The third kappa shape index (κ3) is 3.27. The Kier molecular flexibility index (Phi) is 4.09. The molecule has 3 rings (SSSR count). The first-order valence-electron chi connectivity index (χ1n) is 7.60. The van der Waals surface area contributed by atoms with Crippen molar-refractivity contribution in [3.8, 4) is 0 Å². The van der Waals surface area contributed by atoms with Gasteiger partial charge in [0.1, 0.15) is 5.82 Å². The summed E-state index contributed by atoms with van der Waals surface area (Å²) < 4.78 is 0. The number of hydrogen-bond donors (Lipinski definition) is 1. The summed E-state index contributed by atoms with van der Waals surface area (Å²) in [5.41, 5.74) is 0.649. The van der Waals surface area contributed by atoms with Gasteiger partial charge in [-0.1, -0.05) is 6.58 Å². The minimum absolute atomic E-state index is 0.248. The predicted octanol–water partition coefficient (Wildman–Crippen LogP) is 1.26. The molecule has 2 fully saturated rings. The molecule has 1 aliphatic carbocycles. The Hall–Kier alpha value is -2.37. The second-order valence-electron chi connectivity index (χ2n) is 5.69. The van der Waals surface area contributed by atoms with Gasteiger partial charge in [0.2, 0.25) is 11.8 Å². The quantitative estimate of drug-likeness (QED) is 0.850. The standard InChI is InChI=1S/C16H20N4O2/c1-2-15(21)18-13-5-6-14(17-11-13)19-7-9-20(10-8-19)16(22)12-3-4-12/h2,5-6,11-12H,1,3-4,7-10H2,(H,18,21). The van der Waals surface area contributed by atoms with Gasteiger partial charge in [0.05, 0.1) is 11.9 Å². The van der Waals surface area contributed by atoms with Crippen LogP contribution in [0.4, 0.5) is 11.5 Å². The lowest BCUT2D eigenvalue weighted by Crippen LogP contribution is -2.49. The number of pyridine rings is 1. The summed E-state index contributed by atoms with van der Waals surface area (Å²) in [4.78, 5) is 31.8. The van der Waals surface area contributed by atoms with Crippen LogP contribution in [-0.2, 0) is 9.59 Å². The van der Waals surface area contributed by atoms with E-state index >= 15 is 0 Å². The number of carbonyl (C=O) groups excluding carboxylic acids is 2. The number of nitrogens with zero attached hydrogens (tertiary/aromatic N) is 3. The Morgan fingerprint density at radius 3 is 2.50 bits per heavy atom. The van der Waals surface area contributed by atoms with Gasteiger partial charge in [-0.2, -0.15) is 0 Å². The van der Waals surface area contributed by atoms with Gasteiger partial charge in [0, 0.05) is 32.1 Å². The van der Waals surface area contributed by atoms with E-state index in [2.05, 4.69) is 21.8 Å². The third-order valence-electron chi connectivity index (χ3n) is 4.04. The maximum Gasteiger partial charge on any atom is 0.247 e. The summed E-state index contributed by atoms with van der Waals surface area (Å²) in [5.74, 6) is 1.23. The second-order valence-corrected chi connectivity index (χ2v) is 5.69. The number of aromatic nitrogens is 1. The maximum absolute atomic E-state index is 12.0. The van der Waals surface area contributed by atoms with Crippen molar-refractivity contribution >= 4 is 23.3 Å². The molecule has 2 aliphatic rings. The van der Waals surface area contributed by atoms with E-state index in [0.717, 1.165) is 44.8 Å². The maximum atomic E-state index is 12.0. The van der Waals surface area contributed by atoms with Gasteiger partial charge in [-0.25, -0.2) is 4.98 Å². The van der Waals surface area contributed by atoms with Crippen molar-refractivity contribution in [2.75, 3.05) is 36.4 Å². The van der Waals surface area contributed by atoms with Crippen molar-refractivity contribution in [1.29, 1.82) is 0 Å². The molecule has 6 heteroatoms. The number of hydrogen-bond acceptors (Lipinski definition) is 4. The van der Waals surface area contributed by atoms with Crippen LogP contribution >= 0.6 is 0 Å². The molecule has 2 amide bonds. The lowest BCUT2D eigenvalue weighted by molar-refractivity contribution is -0.132. The first kappa shape index (κ1) is 14.6. The Balaban J connectivity index is 1.55. The Labute approximate surface area is 129 Å². The van der Waals surface area contributed by atoms with Gasteiger partial charge in [-0.05, 0) is 31.1 Å². The molecular formula is C16H20N4O2. The zero-order valence-corrected chi connectivity index (χ0v) is 12.5. The molecule has 0 aromatic carbocycles. The summed E-state index contributed by atoms with van der Waals surface area (Å²) in [6.45, 7) is 6.52. The lowest BCUT2D eigenvalue weighted by Gasteiger charge is -2.35. The molecule has 1 aromatic rings. The fourth-order valence-electron chi connectivity index (χ4n) is 2.58. The van der Waals surface area contributed by atoms with Crippen LogP contribution < -0.4 is 10.2 Å². The Morgan fingerprint density at radius 1 is 1.23 bits per heavy atom. The number of rotatable bonds is 4. The summed E-state index contributed by atoms with van der Waals surface area (Å²) in [6, 6.07) is 3.71. The fraction of sp³-hybridized carbons (Fsp3) is 0.438. The highest BCUT2D eigenvalue weighted by atomic mass is 16.2. The molecule has 1 aromatic heterocycles. The predicted molar refractivity (Wildman–Crippen MR) is 84.6 cm³/mol. The van der Waals surface area contributed by atoms with Crippen LogP contribution in [0, 0.1) is 5.92 Å². The minimum Gasteiger partial charge on any atom is -0.353 e. The molecule has 0 radical (unpaired) electrons. The molecule has 22 heavy (non-hydrogen) atoms. The van der Waals surface area contributed by atoms with E-state index in [-0.39, 0.29) is 11.8 Å². The molecule has 1 N–H and O–H groups in total. The van der Waals surface area contributed by atoms with Crippen LogP contribution in [0.25, 0.3) is 0 Å². The molecule has 0 spiro atoms. The SMILES string of the molecule is C=CC(=O)Nc1ccc(N2CCN(C(=O)C3CC3)CC2)nc1. The molecule has 1 saturated heterocycles. The Bertz CT molecular complexity index is 572. The average molecular weight is 300 g/mol. The molecule has 0 unspecified atom stereocenters. The van der Waals surface area contributed by atoms with Crippen LogP contribution in [0.1, 0.15) is 12.8 Å². The molecule has 0 bridgehead atoms. The largest absolute Gasteiger partial charge is 0.353 e. The third-order valence-corrected chi connectivity index (χ3v) is 4.04. The number of anilines is 2. The highest BCUT2D eigenvalue weighted by molar-refractivity contribution is 5.98. The molecule has 116 valence electrons. The number of carbonyl (C=O) groups is 2. The van der Waals surface area contributed by atoms with Crippen LogP contribution in [0.2, 0.25) is 0 Å². The second kappa shape index (κ2) is 6.17. The van der Waals surface area contributed by atoms with E-state index in [0.29, 0.717) is 11.6 Å². The van der Waals surface area contributed by atoms with Crippen molar-refractivity contribution in [2.45, 2.75) is 12.8 Å². The monoisotopic (exact) mass is 300 g/mol. The minimum atomic E-state index is -0.248. The van der Waals surface area contributed by atoms with E-state index in [9.17, 15) is 9.59 Å². The van der Waals surface area contributed by atoms with E-state index in [1.165, 1.54) is 6.08 Å². The summed E-state index contributed by atoms with van der Waals surface area (Å²) in [6.07, 6.45) is 4.97. The van der Waals surface area contributed by atoms with Crippen molar-refractivity contribution in [3.05, 3.63) is 31.0 Å². The number of piperazine rings is 1. The molecule has 1 aliphatic heterocycles. The lowest BCUT2D eigenvalue weighted by atomic mass is 10.2. The zero-order chi connectivity index (χ0) is 15.5. The van der Waals surface area contributed by atoms with E-state index in [1.54, 1.807) is 6.20 Å². The molecule has 0 atom stereocenters. The number of amides is 2. The van der Waals surface area contributed by atoms with Crippen molar-refractivity contribution in [2.24, 2.45) is 5.92 Å². The van der Waals surface area contributed by atoms with Gasteiger partial charge in [0.25, 0.3) is 0 Å². The van der Waals surface area contributed by atoms with Crippen LogP contribution in [-0.4, -0.2) is 47.9 Å². The summed E-state index contributed by atoms with van der Waals surface area (Å²) >= 11 is 0. The van der Waals surface area contributed by atoms with Crippen molar-refractivity contribution in [3.63, 3.8) is 0 Å². The Morgan fingerprint density at radius 2 is 1.95 bits per heavy atom. The van der Waals surface area contributed by atoms with Crippen LogP contribution in [0.3, 0.4) is 0 Å². The normalized spacial score (nSPS) is 18.0. The molecular weight excluding hydrogens is 280 g/mol. The van der Waals surface area contributed by atoms with Crippen molar-refractivity contribution in [1.82, 2.24) is 9.88 Å². The topological polar surface area (TPSA) is 65.5 Å². The number of nitrogens with one attached hydrogen (secondary N) is 1. The van der Waals surface area contributed by atoms with Gasteiger partial charge >= 0.3 is 0 Å². The molecule has 2 heterocycles. The first-order chi connectivity index (χ1) is 10.7. The van der Waals surface area contributed by atoms with Gasteiger partial charge in [0.15, 0.2) is 0 Å². The van der Waals surface area contributed by atoms with E-state index in [4.69, 9.17) is 0 Å². The highest BCUT2D eigenvalue weighted by Gasteiger charge is 2.34. The van der Waals surface area contributed by atoms with Gasteiger partial charge < -0.3 is 15.1 Å². The zero-order valence-electron chi connectivity index (χ0n) is 12.5. The first-order valence-corrected chi connectivity index (χ1v) is 7.60. The van der Waals surface area contributed by atoms with E-state index in [1.807, 2.05) is 17.0 Å². The van der Waals surface area contributed by atoms with Gasteiger partial charge in [-0.3, -0.25) is 9.59 Å². The molecule has 6 nitrogen and oxygen atoms in total. The van der Waals surface area contributed by atoms with E-state index < -0.39 is 0 Å². The summed E-state index contributed by atoms with van der Waals surface area (Å²) in [7, 11) is 0. The van der Waals surface area contributed by atoms with Crippen LogP contribution in [0.15, 0.2) is 31.0 Å². The van der Waals surface area contributed by atoms with Crippen molar-refractivity contribution < 1.29 is 9.59 Å². The smallest absolute Gasteiger partial charge is 0.247 e. The fourth-order valence-corrected chi connectivity index (χ4v) is 2.58. The average Bonchev–Trinajstić information content (AvgIpc) is 3.40. The molecule has 1 saturated carbocycles.